The number of aryl methyl sites for hydroxylation is 1. The van der Waals surface area contributed by atoms with E-state index < -0.39 is 0 Å². The molecule has 2 aromatic heterocycles. The van der Waals surface area contributed by atoms with Crippen molar-refractivity contribution >= 4 is 28.8 Å². The van der Waals surface area contributed by atoms with E-state index in [4.69, 9.17) is 9.15 Å². The van der Waals surface area contributed by atoms with E-state index >= 15 is 0 Å². The fourth-order valence-electron chi connectivity index (χ4n) is 2.74. The molecule has 1 aliphatic rings. The number of nitrogens with one attached hydrogen (secondary N) is 2. The molecule has 2 amide bonds. The second kappa shape index (κ2) is 7.63. The predicted molar refractivity (Wildman–Crippen MR) is 101 cm³/mol. The van der Waals surface area contributed by atoms with Gasteiger partial charge >= 0.3 is 0 Å². The smallest absolute Gasteiger partial charge is 0.258 e. The molecule has 0 radical (unpaired) electrons. The van der Waals surface area contributed by atoms with Gasteiger partial charge in [-0.2, -0.15) is 0 Å². The van der Waals surface area contributed by atoms with Gasteiger partial charge in [0, 0.05) is 12.1 Å². The molecule has 3 aromatic rings. The first kappa shape index (κ1) is 17.3. The van der Waals surface area contributed by atoms with Gasteiger partial charge < -0.3 is 19.8 Å². The average Bonchev–Trinajstić information content (AvgIpc) is 3.36. The van der Waals surface area contributed by atoms with Gasteiger partial charge in [0.25, 0.3) is 5.91 Å². The number of aromatic nitrogens is 1. The van der Waals surface area contributed by atoms with Crippen LogP contribution >= 0.6 is 11.3 Å². The van der Waals surface area contributed by atoms with Crippen LogP contribution in [0, 0.1) is 0 Å². The molecule has 0 spiro atoms. The number of amides is 2. The lowest BCUT2D eigenvalue weighted by Gasteiger charge is -2.17. The van der Waals surface area contributed by atoms with Gasteiger partial charge in [-0.25, -0.2) is 4.98 Å². The average molecular weight is 383 g/mol. The molecule has 0 aliphatic carbocycles. The second-order valence-corrected chi connectivity index (χ2v) is 7.00. The maximum Gasteiger partial charge on any atom is 0.258 e. The van der Waals surface area contributed by atoms with Crippen LogP contribution in [0.5, 0.6) is 5.75 Å². The van der Waals surface area contributed by atoms with Gasteiger partial charge in [-0.3, -0.25) is 9.59 Å². The predicted octanol–water partition coefficient (Wildman–Crippen LogP) is 2.98. The highest BCUT2D eigenvalue weighted by molar-refractivity contribution is 7.13. The molecule has 138 valence electrons. The molecule has 7 nitrogen and oxygen atoms in total. The summed E-state index contributed by atoms with van der Waals surface area (Å²) in [6.07, 6.45) is 2.67. The lowest BCUT2D eigenvalue weighted by atomic mass is 10.0. The molecule has 1 aromatic carbocycles. The Morgan fingerprint density at radius 1 is 1.33 bits per heavy atom. The molecule has 0 saturated carbocycles. The van der Waals surface area contributed by atoms with Crippen LogP contribution < -0.4 is 15.4 Å². The summed E-state index contributed by atoms with van der Waals surface area (Å²) in [7, 11) is 0. The maximum absolute atomic E-state index is 12.0. The number of ether oxygens (including phenoxy) is 1. The summed E-state index contributed by atoms with van der Waals surface area (Å²) in [4.78, 5) is 28.7. The highest BCUT2D eigenvalue weighted by atomic mass is 32.1. The third-order valence-corrected chi connectivity index (χ3v) is 4.95. The third-order valence-electron chi connectivity index (χ3n) is 4.09. The Labute approximate surface area is 159 Å². The van der Waals surface area contributed by atoms with Gasteiger partial charge in [-0.1, -0.05) is 6.07 Å². The minimum absolute atomic E-state index is 0.0191. The Morgan fingerprint density at radius 3 is 3.11 bits per heavy atom. The summed E-state index contributed by atoms with van der Waals surface area (Å²) >= 11 is 1.54. The maximum atomic E-state index is 12.0. The minimum atomic E-state index is -0.248. The third kappa shape index (κ3) is 4.17. The van der Waals surface area contributed by atoms with E-state index in [0.29, 0.717) is 30.2 Å². The Kier molecular flexibility index (Phi) is 4.88. The molecule has 0 saturated heterocycles. The van der Waals surface area contributed by atoms with Crippen molar-refractivity contribution in [1.82, 2.24) is 10.3 Å². The van der Waals surface area contributed by atoms with Crippen LogP contribution in [0.2, 0.25) is 0 Å². The standard InChI is InChI=1S/C19H17N3O4S/c23-17-6-3-12-8-14(4-5-15(12)22-17)25-11-18(24)20-9-13-10-26-19(21-13)16-2-1-7-27-16/h1-2,4-5,7-8,10H,3,6,9,11H2,(H,20,24)(H,22,23). The number of oxazole rings is 1. The van der Waals surface area contributed by atoms with Gasteiger partial charge in [0.1, 0.15) is 12.0 Å². The van der Waals surface area contributed by atoms with Crippen molar-refractivity contribution in [2.45, 2.75) is 19.4 Å². The van der Waals surface area contributed by atoms with Crippen LogP contribution in [0.15, 0.2) is 46.4 Å². The van der Waals surface area contributed by atoms with E-state index in [0.717, 1.165) is 16.1 Å². The van der Waals surface area contributed by atoms with Crippen LogP contribution in [0.3, 0.4) is 0 Å². The number of anilines is 1. The first-order valence-corrected chi connectivity index (χ1v) is 9.36. The van der Waals surface area contributed by atoms with E-state index in [-0.39, 0.29) is 25.0 Å². The molecular weight excluding hydrogens is 366 g/mol. The molecule has 1 aliphatic heterocycles. The van der Waals surface area contributed by atoms with Crippen LogP contribution in [0.4, 0.5) is 5.69 Å². The van der Waals surface area contributed by atoms with Crippen LogP contribution in [0.25, 0.3) is 10.8 Å². The summed E-state index contributed by atoms with van der Waals surface area (Å²) in [5.74, 6) is 0.917. The normalized spacial score (nSPS) is 13.0. The van der Waals surface area contributed by atoms with Gasteiger partial charge in [-0.15, -0.1) is 11.3 Å². The van der Waals surface area contributed by atoms with Crippen molar-refractivity contribution in [2.75, 3.05) is 11.9 Å². The number of fused-ring (bicyclic) bond motifs is 1. The summed E-state index contributed by atoms with van der Waals surface area (Å²) in [6.45, 7) is 0.175. The first-order valence-electron chi connectivity index (χ1n) is 8.48. The van der Waals surface area contributed by atoms with Crippen molar-refractivity contribution in [1.29, 1.82) is 0 Å². The number of hydrogen-bond donors (Lipinski definition) is 2. The minimum Gasteiger partial charge on any atom is -0.484 e. The summed E-state index contributed by atoms with van der Waals surface area (Å²) in [5, 5.41) is 7.52. The highest BCUT2D eigenvalue weighted by Gasteiger charge is 2.15. The van der Waals surface area contributed by atoms with Crippen molar-refractivity contribution in [2.24, 2.45) is 0 Å². The van der Waals surface area contributed by atoms with Crippen molar-refractivity contribution in [3.63, 3.8) is 0 Å². The highest BCUT2D eigenvalue weighted by Crippen LogP contribution is 2.27. The second-order valence-electron chi connectivity index (χ2n) is 6.05. The molecule has 4 rings (SSSR count). The zero-order valence-electron chi connectivity index (χ0n) is 14.4. The van der Waals surface area contributed by atoms with Gasteiger partial charge in [0.15, 0.2) is 6.61 Å². The topological polar surface area (TPSA) is 93.5 Å². The largest absolute Gasteiger partial charge is 0.484 e. The number of carbonyl (C=O) groups excluding carboxylic acids is 2. The SMILES string of the molecule is O=C(COc1ccc2c(c1)CCC(=O)N2)NCc1coc(-c2cccs2)n1. The number of carbonyl (C=O) groups is 2. The Bertz CT molecular complexity index is 965. The molecular formula is C19H17N3O4S. The summed E-state index contributed by atoms with van der Waals surface area (Å²) in [6, 6.07) is 9.24. The number of hydrogen-bond acceptors (Lipinski definition) is 6. The summed E-state index contributed by atoms with van der Waals surface area (Å²) in [5.41, 5.74) is 2.46. The van der Waals surface area contributed by atoms with Gasteiger partial charge in [0.05, 0.1) is 17.1 Å². The van der Waals surface area contributed by atoms with E-state index in [2.05, 4.69) is 15.6 Å². The first-order chi connectivity index (χ1) is 13.2. The van der Waals surface area contributed by atoms with Gasteiger partial charge in [-0.05, 0) is 41.6 Å². The molecule has 8 heteroatoms. The fraction of sp³-hybridized carbons (Fsp3) is 0.211. The van der Waals surface area contributed by atoms with Crippen molar-refractivity contribution in [3.8, 4) is 16.5 Å². The monoisotopic (exact) mass is 383 g/mol. The van der Waals surface area contributed by atoms with Crippen LogP contribution in [-0.2, 0) is 22.6 Å². The fourth-order valence-corrected chi connectivity index (χ4v) is 3.40. The molecule has 3 heterocycles. The molecule has 0 atom stereocenters. The van der Waals surface area contributed by atoms with Crippen LogP contribution in [0.1, 0.15) is 17.7 Å². The molecule has 27 heavy (non-hydrogen) atoms. The zero-order valence-corrected chi connectivity index (χ0v) is 15.2. The van der Waals surface area contributed by atoms with E-state index in [9.17, 15) is 9.59 Å². The van der Waals surface area contributed by atoms with E-state index in [1.54, 1.807) is 23.5 Å². The molecule has 0 bridgehead atoms. The lowest BCUT2D eigenvalue weighted by Crippen LogP contribution is -2.28. The van der Waals surface area contributed by atoms with Crippen molar-refractivity contribution < 1.29 is 18.7 Å². The number of nitrogens with zero attached hydrogens (tertiary/aromatic N) is 1. The number of thiophene rings is 1. The Balaban J connectivity index is 1.27. The lowest BCUT2D eigenvalue weighted by molar-refractivity contribution is -0.123. The number of benzene rings is 1. The quantitative estimate of drug-likeness (QED) is 0.683. The van der Waals surface area contributed by atoms with Gasteiger partial charge in [0.2, 0.25) is 11.8 Å². The number of rotatable bonds is 6. The molecule has 2 N–H and O–H groups in total. The zero-order chi connectivity index (χ0) is 18.6. The molecule has 0 fully saturated rings. The van der Waals surface area contributed by atoms with E-state index in [1.165, 1.54) is 6.26 Å². The van der Waals surface area contributed by atoms with E-state index in [1.807, 2.05) is 23.6 Å². The summed E-state index contributed by atoms with van der Waals surface area (Å²) < 4.78 is 11.0. The molecule has 0 unspecified atom stereocenters. The Hall–Kier alpha value is -3.13. The van der Waals surface area contributed by atoms with Crippen LogP contribution in [-0.4, -0.2) is 23.4 Å². The Morgan fingerprint density at radius 2 is 2.26 bits per heavy atom. The van der Waals surface area contributed by atoms with Crippen molar-refractivity contribution in [3.05, 3.63) is 53.2 Å².